The molecule has 2 N–H and O–H groups in total. The van der Waals surface area contributed by atoms with Crippen LogP contribution in [-0.4, -0.2) is 52.1 Å². The molecule has 0 aromatic carbocycles. The lowest BCUT2D eigenvalue weighted by molar-refractivity contribution is -0.137. The molecule has 1 heterocycles. The summed E-state index contributed by atoms with van der Waals surface area (Å²) >= 11 is 1.85. The molecule has 1 saturated carbocycles. The molecule has 2 aliphatic rings. The average Bonchev–Trinajstić information content (AvgIpc) is 2.97. The van der Waals surface area contributed by atoms with Crippen LogP contribution in [0, 0.1) is 0 Å². The number of rotatable bonds is 5. The van der Waals surface area contributed by atoms with E-state index in [1.54, 1.807) is 4.90 Å². The number of hydrogen-bond acceptors (Lipinski definition) is 3. The van der Waals surface area contributed by atoms with Gasteiger partial charge in [-0.15, -0.1) is 0 Å². The summed E-state index contributed by atoms with van der Waals surface area (Å²) < 4.78 is 0. The summed E-state index contributed by atoms with van der Waals surface area (Å²) in [4.78, 5) is 24.2. The Morgan fingerprint density at radius 1 is 1.35 bits per heavy atom. The highest BCUT2D eigenvalue weighted by Gasteiger charge is 2.33. The second kappa shape index (κ2) is 5.62. The summed E-state index contributed by atoms with van der Waals surface area (Å²) in [6.07, 6.45) is 3.07. The van der Waals surface area contributed by atoms with Gasteiger partial charge < -0.3 is 15.3 Å². The average molecular weight is 258 g/mol. The van der Waals surface area contributed by atoms with Gasteiger partial charge in [-0.25, -0.2) is 4.79 Å². The first-order chi connectivity index (χ1) is 8.16. The Balaban J connectivity index is 1.81. The second-order valence-corrected chi connectivity index (χ2v) is 5.73. The number of aliphatic carboxylic acids is 1. The van der Waals surface area contributed by atoms with Crippen molar-refractivity contribution in [3.63, 3.8) is 0 Å². The maximum absolute atomic E-state index is 12.0. The lowest BCUT2D eigenvalue weighted by Gasteiger charge is -2.24. The first-order valence-corrected chi connectivity index (χ1v) is 7.19. The number of carboxylic acids is 1. The monoisotopic (exact) mass is 258 g/mol. The van der Waals surface area contributed by atoms with Gasteiger partial charge in [0.2, 0.25) is 0 Å². The van der Waals surface area contributed by atoms with Crippen LogP contribution < -0.4 is 5.32 Å². The molecule has 2 fully saturated rings. The molecule has 0 aromatic heterocycles. The van der Waals surface area contributed by atoms with E-state index in [1.165, 1.54) is 0 Å². The number of hydrogen-bond donors (Lipinski definition) is 2. The van der Waals surface area contributed by atoms with E-state index >= 15 is 0 Å². The van der Waals surface area contributed by atoms with Crippen LogP contribution in [0.5, 0.6) is 0 Å². The van der Waals surface area contributed by atoms with Crippen molar-refractivity contribution < 1.29 is 14.7 Å². The van der Waals surface area contributed by atoms with Crippen LogP contribution in [0.3, 0.4) is 0 Å². The van der Waals surface area contributed by atoms with Crippen molar-refractivity contribution in [2.24, 2.45) is 0 Å². The van der Waals surface area contributed by atoms with E-state index in [2.05, 4.69) is 5.32 Å². The van der Waals surface area contributed by atoms with Crippen molar-refractivity contribution in [2.75, 3.05) is 18.1 Å². The SMILES string of the molecule is O=C(O)CCN(C(=O)NC1CCSC1)C1CC1. The van der Waals surface area contributed by atoms with E-state index in [4.69, 9.17) is 5.11 Å². The molecule has 2 amide bonds. The normalized spacial score (nSPS) is 23.4. The lowest BCUT2D eigenvalue weighted by Crippen LogP contribution is -2.46. The number of nitrogens with zero attached hydrogens (tertiary/aromatic N) is 1. The molecular formula is C11H18N2O3S. The minimum atomic E-state index is -0.847. The second-order valence-electron chi connectivity index (χ2n) is 4.58. The molecular weight excluding hydrogens is 240 g/mol. The lowest BCUT2D eigenvalue weighted by atomic mass is 10.3. The molecule has 1 atom stereocenters. The zero-order valence-electron chi connectivity index (χ0n) is 9.72. The predicted molar refractivity (Wildman–Crippen MR) is 66.2 cm³/mol. The Kier molecular flexibility index (Phi) is 4.15. The van der Waals surface area contributed by atoms with E-state index in [0.29, 0.717) is 6.54 Å². The fourth-order valence-corrected chi connectivity index (χ4v) is 3.11. The smallest absolute Gasteiger partial charge is 0.317 e. The first-order valence-electron chi connectivity index (χ1n) is 6.03. The summed E-state index contributed by atoms with van der Waals surface area (Å²) in [5.41, 5.74) is 0. The fraction of sp³-hybridized carbons (Fsp3) is 0.818. The molecule has 0 aromatic rings. The van der Waals surface area contributed by atoms with Crippen LogP contribution in [0.4, 0.5) is 4.79 Å². The van der Waals surface area contributed by atoms with Crippen molar-refractivity contribution in [3.05, 3.63) is 0 Å². The molecule has 0 spiro atoms. The zero-order valence-corrected chi connectivity index (χ0v) is 10.5. The summed E-state index contributed by atoms with van der Waals surface area (Å²) in [7, 11) is 0. The van der Waals surface area contributed by atoms with Gasteiger partial charge in [-0.05, 0) is 25.0 Å². The molecule has 1 aliphatic carbocycles. The summed E-state index contributed by atoms with van der Waals surface area (Å²) in [6.45, 7) is 0.325. The molecule has 17 heavy (non-hydrogen) atoms. The van der Waals surface area contributed by atoms with E-state index in [0.717, 1.165) is 30.8 Å². The summed E-state index contributed by atoms with van der Waals surface area (Å²) in [5, 5.41) is 11.7. The number of nitrogens with one attached hydrogen (secondary N) is 1. The Labute approximate surface area is 105 Å². The van der Waals surface area contributed by atoms with Crippen molar-refractivity contribution >= 4 is 23.8 Å². The van der Waals surface area contributed by atoms with Crippen LogP contribution in [0.25, 0.3) is 0 Å². The van der Waals surface area contributed by atoms with Crippen molar-refractivity contribution in [3.8, 4) is 0 Å². The third-order valence-corrected chi connectivity index (χ3v) is 4.23. The van der Waals surface area contributed by atoms with E-state index < -0.39 is 5.97 Å². The number of urea groups is 1. The molecule has 2 rings (SSSR count). The van der Waals surface area contributed by atoms with Gasteiger partial charge in [-0.3, -0.25) is 4.79 Å². The maximum Gasteiger partial charge on any atom is 0.317 e. The van der Waals surface area contributed by atoms with Gasteiger partial charge in [0, 0.05) is 24.4 Å². The largest absolute Gasteiger partial charge is 0.481 e. The van der Waals surface area contributed by atoms with Gasteiger partial charge in [0.05, 0.1) is 6.42 Å². The summed E-state index contributed by atoms with van der Waals surface area (Å²) in [6, 6.07) is 0.447. The Morgan fingerprint density at radius 2 is 2.12 bits per heavy atom. The fourth-order valence-electron chi connectivity index (χ4n) is 1.96. The third-order valence-electron chi connectivity index (χ3n) is 3.07. The topological polar surface area (TPSA) is 69.6 Å². The van der Waals surface area contributed by atoms with E-state index in [1.807, 2.05) is 11.8 Å². The summed E-state index contributed by atoms with van der Waals surface area (Å²) in [5.74, 6) is 1.23. The van der Waals surface area contributed by atoms with E-state index in [-0.39, 0.29) is 24.5 Å². The molecule has 1 unspecified atom stereocenters. The quantitative estimate of drug-likeness (QED) is 0.776. The minimum Gasteiger partial charge on any atom is -0.481 e. The number of thioether (sulfide) groups is 1. The molecule has 5 nitrogen and oxygen atoms in total. The van der Waals surface area contributed by atoms with Crippen LogP contribution >= 0.6 is 11.8 Å². The van der Waals surface area contributed by atoms with Gasteiger partial charge in [0.1, 0.15) is 0 Å². The van der Waals surface area contributed by atoms with Gasteiger partial charge in [-0.1, -0.05) is 0 Å². The molecule has 96 valence electrons. The van der Waals surface area contributed by atoms with Crippen molar-refractivity contribution in [1.29, 1.82) is 0 Å². The number of amides is 2. The number of carboxylic acid groups (broad SMARTS) is 1. The van der Waals surface area contributed by atoms with Gasteiger partial charge >= 0.3 is 12.0 Å². The van der Waals surface area contributed by atoms with Crippen LogP contribution in [0.1, 0.15) is 25.7 Å². The Bertz CT molecular complexity index is 301. The standard InChI is InChI=1S/C11H18N2O3S/c14-10(15)3-5-13(9-1-2-9)11(16)12-8-4-6-17-7-8/h8-9H,1-7H2,(H,12,16)(H,14,15). The molecule has 0 radical (unpaired) electrons. The highest BCUT2D eigenvalue weighted by molar-refractivity contribution is 7.99. The Morgan fingerprint density at radius 3 is 2.65 bits per heavy atom. The van der Waals surface area contributed by atoms with Gasteiger partial charge in [-0.2, -0.15) is 11.8 Å². The van der Waals surface area contributed by atoms with E-state index in [9.17, 15) is 9.59 Å². The predicted octanol–water partition coefficient (Wildman–Crippen LogP) is 1.14. The number of carbonyl (C=O) groups is 2. The molecule has 1 saturated heterocycles. The maximum atomic E-state index is 12.0. The molecule has 6 heteroatoms. The molecule has 1 aliphatic heterocycles. The third kappa shape index (κ3) is 3.80. The van der Waals surface area contributed by atoms with Crippen LogP contribution in [-0.2, 0) is 4.79 Å². The Hall–Kier alpha value is -0.910. The van der Waals surface area contributed by atoms with Gasteiger partial charge in [0.15, 0.2) is 0 Å². The van der Waals surface area contributed by atoms with Crippen LogP contribution in [0.2, 0.25) is 0 Å². The van der Waals surface area contributed by atoms with Gasteiger partial charge in [0.25, 0.3) is 0 Å². The highest BCUT2D eigenvalue weighted by atomic mass is 32.2. The van der Waals surface area contributed by atoms with Crippen LogP contribution in [0.15, 0.2) is 0 Å². The highest BCUT2D eigenvalue weighted by Crippen LogP contribution is 2.27. The number of carbonyl (C=O) groups excluding carboxylic acids is 1. The first kappa shape index (κ1) is 12.5. The zero-order chi connectivity index (χ0) is 12.3. The molecule has 0 bridgehead atoms. The van der Waals surface area contributed by atoms with Crippen molar-refractivity contribution in [2.45, 2.75) is 37.8 Å². The van der Waals surface area contributed by atoms with Crippen molar-refractivity contribution in [1.82, 2.24) is 10.2 Å². The minimum absolute atomic E-state index is 0.0311.